The molecule has 0 aliphatic heterocycles. The van der Waals surface area contributed by atoms with Gasteiger partial charge in [-0.05, 0) is 0 Å². The molecule has 1 nitrogen and oxygen atoms in total. The van der Waals surface area contributed by atoms with Crippen LogP contribution < -0.4 is 0 Å². The van der Waals surface area contributed by atoms with Crippen LogP contribution in [0.4, 0.5) is 0 Å². The quantitative estimate of drug-likeness (QED) is 0.718. The van der Waals surface area contributed by atoms with Crippen molar-refractivity contribution in [3.63, 3.8) is 0 Å². The van der Waals surface area contributed by atoms with Gasteiger partial charge in [-0.25, -0.2) is 0 Å². The molecule has 0 atom stereocenters. The monoisotopic (exact) mass is 228 g/mol. The predicted molar refractivity (Wildman–Crippen MR) is 51.4 cm³/mol. The fourth-order valence-electron chi connectivity index (χ4n) is 0.993. The van der Waals surface area contributed by atoms with Crippen LogP contribution in [0, 0.1) is 0 Å². The van der Waals surface area contributed by atoms with Crippen molar-refractivity contribution in [2.24, 2.45) is 0 Å². The number of hydrogen-bond donors (Lipinski definition) is 0. The molecule has 0 spiro atoms. The van der Waals surface area contributed by atoms with Crippen LogP contribution in [0.2, 0.25) is 5.82 Å². The van der Waals surface area contributed by atoms with E-state index in [1.165, 1.54) is 5.56 Å². The maximum absolute atomic E-state index is 11.0. The zero-order valence-electron chi connectivity index (χ0n) is 7.12. The normalized spacial score (nSPS) is 9.75. The van der Waals surface area contributed by atoms with Gasteiger partial charge in [-0.1, -0.05) is 0 Å². The van der Waals surface area contributed by atoms with E-state index in [2.05, 4.69) is 12.1 Å². The molecule has 0 aromatic heterocycles. The third-order valence-corrected chi connectivity index (χ3v) is 3.07. The van der Waals surface area contributed by atoms with Crippen LogP contribution in [0.3, 0.4) is 0 Å². The molecule has 1 aromatic carbocycles. The molecule has 0 saturated heterocycles. The third-order valence-electron chi connectivity index (χ3n) is 1.69. The Hall–Kier alpha value is -0.591. The van der Waals surface area contributed by atoms with Crippen molar-refractivity contribution in [2.75, 3.05) is 0 Å². The van der Waals surface area contributed by atoms with E-state index in [-0.39, 0.29) is 15.0 Å². The molecule has 64 valence electrons. The van der Waals surface area contributed by atoms with Crippen molar-refractivity contribution >= 4 is 19.6 Å². The maximum atomic E-state index is 11.0. The molecule has 0 amide bonds. The Labute approximate surface area is 79.3 Å². The first-order valence-electron chi connectivity index (χ1n) is 3.93. The standard InChI is InChI=1S/C10H12OSe/c1-12-10(11)8-7-9-5-3-2-4-6-9/h2-6H,7-8H2,1H3. The second kappa shape index (κ2) is 5.13. The van der Waals surface area contributed by atoms with Crippen LogP contribution in [0.5, 0.6) is 0 Å². The number of carbonyl (C=O) groups excluding carboxylic acids is 1. The van der Waals surface area contributed by atoms with Crippen molar-refractivity contribution < 1.29 is 4.79 Å². The summed E-state index contributed by atoms with van der Waals surface area (Å²) in [5, 5.41) is 0. The fraction of sp³-hybridized carbons (Fsp3) is 0.300. The first-order valence-corrected chi connectivity index (χ1v) is 6.50. The molecule has 0 saturated carbocycles. The van der Waals surface area contributed by atoms with Gasteiger partial charge in [0.15, 0.2) is 0 Å². The number of aryl methyl sites for hydroxylation is 1. The minimum atomic E-state index is 0.175. The van der Waals surface area contributed by atoms with E-state index in [1.54, 1.807) is 0 Å². The Morgan fingerprint density at radius 1 is 1.33 bits per heavy atom. The fourth-order valence-corrected chi connectivity index (χ4v) is 1.64. The molecular formula is C10H12OSe. The summed E-state index contributed by atoms with van der Waals surface area (Å²) >= 11 is 0.175. The van der Waals surface area contributed by atoms with E-state index in [0.29, 0.717) is 11.1 Å². The molecule has 12 heavy (non-hydrogen) atoms. The zero-order chi connectivity index (χ0) is 8.81. The average Bonchev–Trinajstić information content (AvgIpc) is 2.16. The molecular weight excluding hydrogens is 215 g/mol. The SMILES string of the molecule is C[Se]C(=O)CCc1ccccc1. The van der Waals surface area contributed by atoms with Gasteiger partial charge in [-0.2, -0.15) is 0 Å². The number of rotatable bonds is 4. The molecule has 1 rings (SSSR count). The van der Waals surface area contributed by atoms with E-state index < -0.39 is 0 Å². The van der Waals surface area contributed by atoms with Crippen molar-refractivity contribution in [1.29, 1.82) is 0 Å². The molecule has 2 heteroatoms. The van der Waals surface area contributed by atoms with Gasteiger partial charge in [0.05, 0.1) is 0 Å². The molecule has 1 aromatic rings. The Morgan fingerprint density at radius 3 is 2.58 bits per heavy atom. The Kier molecular flexibility index (Phi) is 4.06. The van der Waals surface area contributed by atoms with Gasteiger partial charge < -0.3 is 0 Å². The van der Waals surface area contributed by atoms with E-state index in [1.807, 2.05) is 24.0 Å². The van der Waals surface area contributed by atoms with E-state index >= 15 is 0 Å². The second-order valence-corrected chi connectivity index (χ2v) is 4.37. The molecule has 0 bridgehead atoms. The topological polar surface area (TPSA) is 17.1 Å². The molecule has 0 aliphatic rings. The molecule has 0 N–H and O–H groups in total. The van der Waals surface area contributed by atoms with Gasteiger partial charge in [0.2, 0.25) is 0 Å². The second-order valence-electron chi connectivity index (χ2n) is 2.56. The van der Waals surface area contributed by atoms with Gasteiger partial charge in [0.25, 0.3) is 0 Å². The number of benzene rings is 1. The summed E-state index contributed by atoms with van der Waals surface area (Å²) in [5.41, 5.74) is 1.26. The van der Waals surface area contributed by atoms with Gasteiger partial charge in [-0.3, -0.25) is 0 Å². The van der Waals surface area contributed by atoms with Crippen LogP contribution in [0.25, 0.3) is 0 Å². The van der Waals surface area contributed by atoms with Gasteiger partial charge in [0.1, 0.15) is 0 Å². The van der Waals surface area contributed by atoms with Crippen molar-refractivity contribution in [1.82, 2.24) is 0 Å². The number of carbonyl (C=O) groups is 1. The van der Waals surface area contributed by atoms with E-state index in [9.17, 15) is 4.79 Å². The van der Waals surface area contributed by atoms with Crippen LogP contribution in [0.15, 0.2) is 30.3 Å². The summed E-state index contributed by atoms with van der Waals surface area (Å²) in [6.45, 7) is 0. The Balaban J connectivity index is 2.38. The zero-order valence-corrected chi connectivity index (χ0v) is 8.83. The Bertz CT molecular complexity index is 243. The van der Waals surface area contributed by atoms with Gasteiger partial charge >= 0.3 is 79.0 Å². The molecule has 0 aliphatic carbocycles. The van der Waals surface area contributed by atoms with Crippen molar-refractivity contribution in [3.8, 4) is 0 Å². The summed E-state index contributed by atoms with van der Waals surface area (Å²) in [5.74, 6) is 1.97. The number of hydrogen-bond acceptors (Lipinski definition) is 1. The third kappa shape index (κ3) is 3.20. The molecule has 0 fully saturated rings. The summed E-state index contributed by atoms with van der Waals surface area (Å²) < 4.78 is 0.409. The molecule has 0 unspecified atom stereocenters. The van der Waals surface area contributed by atoms with Gasteiger partial charge in [-0.15, -0.1) is 0 Å². The van der Waals surface area contributed by atoms with Crippen LogP contribution in [-0.2, 0) is 11.2 Å². The first kappa shape index (κ1) is 9.50. The predicted octanol–water partition coefficient (Wildman–Crippen LogP) is 1.90. The van der Waals surface area contributed by atoms with Crippen molar-refractivity contribution in [3.05, 3.63) is 35.9 Å². The molecule has 0 heterocycles. The summed E-state index contributed by atoms with van der Waals surface area (Å²) in [7, 11) is 0. The van der Waals surface area contributed by atoms with Crippen LogP contribution in [0.1, 0.15) is 12.0 Å². The van der Waals surface area contributed by atoms with Crippen LogP contribution >= 0.6 is 0 Å². The van der Waals surface area contributed by atoms with Gasteiger partial charge in [0, 0.05) is 0 Å². The summed E-state index contributed by atoms with van der Waals surface area (Å²) in [4.78, 5) is 11.0. The Morgan fingerprint density at radius 2 is 2.00 bits per heavy atom. The molecule has 0 radical (unpaired) electrons. The van der Waals surface area contributed by atoms with E-state index in [0.717, 1.165) is 6.42 Å². The van der Waals surface area contributed by atoms with E-state index in [4.69, 9.17) is 0 Å². The average molecular weight is 227 g/mol. The first-order chi connectivity index (χ1) is 5.83. The summed E-state index contributed by atoms with van der Waals surface area (Å²) in [6.07, 6.45) is 1.61. The van der Waals surface area contributed by atoms with Crippen molar-refractivity contribution in [2.45, 2.75) is 18.7 Å². The summed E-state index contributed by atoms with van der Waals surface area (Å²) in [6, 6.07) is 10.1. The minimum absolute atomic E-state index is 0.175. The van der Waals surface area contributed by atoms with Crippen LogP contribution in [-0.4, -0.2) is 19.6 Å².